The molecule has 0 spiro atoms. The van der Waals surface area contributed by atoms with Gasteiger partial charge in [0.15, 0.2) is 0 Å². The molecule has 0 atom stereocenters. The van der Waals surface area contributed by atoms with Crippen LogP contribution in [-0.4, -0.2) is 66.0 Å². The molecule has 1 N–H and O–H groups in total. The maximum Gasteiger partial charge on any atom is 0.331 e. The Bertz CT molecular complexity index is 1060. The van der Waals surface area contributed by atoms with Crippen molar-refractivity contribution in [3.05, 3.63) is 65.2 Å². The number of amides is 2. The number of nitrogens with zero attached hydrogens (tertiary/aromatic N) is 3. The quantitative estimate of drug-likeness (QED) is 0.417. The lowest BCUT2D eigenvalue weighted by Crippen LogP contribution is -2.49. The predicted octanol–water partition coefficient (Wildman–Crippen LogP) is 2.69. The van der Waals surface area contributed by atoms with Gasteiger partial charge in [0, 0.05) is 63.7 Å². The summed E-state index contributed by atoms with van der Waals surface area (Å²) in [5.74, 6) is -0.401. The average Bonchev–Trinajstić information content (AvgIpc) is 2.84. The molecule has 2 aliphatic rings. The summed E-state index contributed by atoms with van der Waals surface area (Å²) in [6, 6.07) is 15.2. The normalized spacial score (nSPS) is 16.7. The average molecular weight is 449 g/mol. The number of hydrogen-bond acceptors (Lipinski definition) is 6. The molecule has 33 heavy (non-hydrogen) atoms. The van der Waals surface area contributed by atoms with Gasteiger partial charge in [-0.2, -0.15) is 0 Å². The van der Waals surface area contributed by atoms with Gasteiger partial charge in [-0.05, 0) is 35.7 Å². The second-order valence-electron chi connectivity index (χ2n) is 8.29. The van der Waals surface area contributed by atoms with Crippen molar-refractivity contribution in [3.8, 4) is 0 Å². The number of nitrogens with one attached hydrogen (secondary N) is 1. The van der Waals surface area contributed by atoms with Crippen LogP contribution in [0.4, 0.5) is 5.69 Å². The Labute approximate surface area is 193 Å². The second-order valence-corrected chi connectivity index (χ2v) is 8.29. The van der Waals surface area contributed by atoms with Crippen molar-refractivity contribution < 1.29 is 19.2 Å². The first-order chi connectivity index (χ1) is 16.0. The topological polar surface area (TPSA) is 91.3 Å². The van der Waals surface area contributed by atoms with Crippen molar-refractivity contribution >= 4 is 29.2 Å². The Morgan fingerprint density at radius 2 is 1.76 bits per heavy atom. The number of anilines is 1. The summed E-state index contributed by atoms with van der Waals surface area (Å²) >= 11 is 0. The number of oxime groups is 1. The lowest BCUT2D eigenvalue weighted by Gasteiger charge is -2.35. The highest BCUT2D eigenvalue weighted by atomic mass is 16.7. The van der Waals surface area contributed by atoms with Gasteiger partial charge in [-0.25, -0.2) is 4.79 Å². The minimum atomic E-state index is -0.444. The molecule has 1 fully saturated rings. The van der Waals surface area contributed by atoms with Crippen LogP contribution in [0.3, 0.4) is 0 Å². The van der Waals surface area contributed by atoms with E-state index in [1.807, 2.05) is 47.4 Å². The summed E-state index contributed by atoms with van der Waals surface area (Å²) in [7, 11) is 0. The zero-order valence-electron chi connectivity index (χ0n) is 18.8. The van der Waals surface area contributed by atoms with Crippen molar-refractivity contribution in [1.29, 1.82) is 0 Å². The van der Waals surface area contributed by atoms with E-state index in [0.717, 1.165) is 42.2 Å². The molecule has 2 amide bonds. The highest BCUT2D eigenvalue weighted by molar-refractivity contribution is 6.00. The van der Waals surface area contributed by atoms with Crippen LogP contribution < -0.4 is 5.32 Å². The van der Waals surface area contributed by atoms with Crippen molar-refractivity contribution in [1.82, 2.24) is 9.80 Å². The maximum atomic E-state index is 13.0. The first-order valence-electron chi connectivity index (χ1n) is 11.2. The number of aryl methyl sites for hydroxylation is 1. The Kier molecular flexibility index (Phi) is 7.14. The van der Waals surface area contributed by atoms with Gasteiger partial charge in [0.1, 0.15) is 0 Å². The van der Waals surface area contributed by atoms with Crippen LogP contribution >= 0.6 is 0 Å². The molecule has 2 heterocycles. The molecule has 0 saturated carbocycles. The number of hydrogen-bond donors (Lipinski definition) is 1. The molecular formula is C25H28N4O4. The van der Waals surface area contributed by atoms with Crippen LogP contribution in [0.15, 0.2) is 53.7 Å². The molecule has 172 valence electrons. The van der Waals surface area contributed by atoms with Crippen molar-refractivity contribution in [3.63, 3.8) is 0 Å². The van der Waals surface area contributed by atoms with Gasteiger partial charge in [-0.1, -0.05) is 35.5 Å². The third-order valence-electron chi connectivity index (χ3n) is 5.96. The van der Waals surface area contributed by atoms with Crippen molar-refractivity contribution in [2.75, 3.05) is 38.0 Å². The maximum absolute atomic E-state index is 13.0. The predicted molar refractivity (Wildman–Crippen MR) is 125 cm³/mol. The van der Waals surface area contributed by atoms with Gasteiger partial charge in [-0.3, -0.25) is 14.5 Å². The number of rotatable bonds is 6. The Morgan fingerprint density at radius 3 is 2.48 bits per heavy atom. The molecule has 0 aliphatic carbocycles. The summed E-state index contributed by atoms with van der Waals surface area (Å²) < 4.78 is 0. The first-order valence-corrected chi connectivity index (χ1v) is 11.2. The van der Waals surface area contributed by atoms with Gasteiger partial charge in [-0.15, -0.1) is 0 Å². The van der Waals surface area contributed by atoms with E-state index in [-0.39, 0.29) is 11.8 Å². The number of carbonyl (C=O) groups excluding carboxylic acids is 3. The lowest BCUT2D eigenvalue weighted by atomic mass is 10.00. The first kappa shape index (κ1) is 22.7. The lowest BCUT2D eigenvalue weighted by molar-refractivity contribution is -0.140. The minimum Gasteiger partial charge on any atom is -0.336 e. The summed E-state index contributed by atoms with van der Waals surface area (Å²) in [4.78, 5) is 44.8. The van der Waals surface area contributed by atoms with Crippen LogP contribution in [-0.2, 0) is 20.8 Å². The molecule has 2 aromatic carbocycles. The second kappa shape index (κ2) is 10.4. The Balaban J connectivity index is 1.32. The van der Waals surface area contributed by atoms with E-state index in [9.17, 15) is 14.4 Å². The largest absolute Gasteiger partial charge is 0.336 e. The van der Waals surface area contributed by atoms with Crippen LogP contribution in [0.1, 0.15) is 41.3 Å². The van der Waals surface area contributed by atoms with Gasteiger partial charge in [0.2, 0.25) is 5.91 Å². The van der Waals surface area contributed by atoms with Gasteiger partial charge in [0.25, 0.3) is 5.91 Å². The molecule has 4 rings (SSSR count). The molecule has 1 saturated heterocycles. The van der Waals surface area contributed by atoms with E-state index in [2.05, 4.69) is 15.4 Å². The van der Waals surface area contributed by atoms with E-state index < -0.39 is 5.97 Å². The highest BCUT2D eigenvalue weighted by Gasteiger charge is 2.24. The molecular weight excluding hydrogens is 420 g/mol. The number of benzene rings is 2. The van der Waals surface area contributed by atoms with E-state index in [1.54, 1.807) is 6.07 Å². The van der Waals surface area contributed by atoms with E-state index in [0.29, 0.717) is 37.9 Å². The van der Waals surface area contributed by atoms with Gasteiger partial charge < -0.3 is 15.1 Å². The number of fused-ring (bicyclic) bond motifs is 1. The van der Waals surface area contributed by atoms with Crippen molar-refractivity contribution in [2.45, 2.75) is 26.2 Å². The Morgan fingerprint density at radius 1 is 1.00 bits per heavy atom. The van der Waals surface area contributed by atoms with E-state index >= 15 is 0 Å². The Hall–Kier alpha value is -3.52. The SMILES string of the molecule is CC(=O)O/N=C(/CCN1CCN(C(=O)c2ccc3c(c2)CCC(=O)N3)CC1)c1ccccc1. The fourth-order valence-electron chi connectivity index (χ4n) is 4.13. The molecule has 0 radical (unpaired) electrons. The molecule has 2 aliphatic heterocycles. The smallest absolute Gasteiger partial charge is 0.331 e. The summed E-state index contributed by atoms with van der Waals surface area (Å²) in [6.07, 6.45) is 1.76. The highest BCUT2D eigenvalue weighted by Crippen LogP contribution is 2.24. The molecule has 8 nitrogen and oxygen atoms in total. The molecule has 0 bridgehead atoms. The number of carbonyl (C=O) groups is 3. The van der Waals surface area contributed by atoms with Gasteiger partial charge in [0.05, 0.1) is 5.71 Å². The zero-order valence-corrected chi connectivity index (χ0v) is 18.8. The van der Waals surface area contributed by atoms with Crippen LogP contribution in [0.25, 0.3) is 0 Å². The zero-order chi connectivity index (χ0) is 23.2. The van der Waals surface area contributed by atoms with Crippen molar-refractivity contribution in [2.24, 2.45) is 5.16 Å². The van der Waals surface area contributed by atoms with Crippen LogP contribution in [0.5, 0.6) is 0 Å². The third kappa shape index (κ3) is 5.84. The molecule has 0 unspecified atom stereocenters. The van der Waals surface area contributed by atoms with Crippen LogP contribution in [0.2, 0.25) is 0 Å². The monoisotopic (exact) mass is 448 g/mol. The third-order valence-corrected chi connectivity index (χ3v) is 5.96. The van der Waals surface area contributed by atoms with Gasteiger partial charge >= 0.3 is 5.97 Å². The fourth-order valence-corrected chi connectivity index (χ4v) is 4.13. The number of piperazine rings is 1. The molecule has 8 heteroatoms. The summed E-state index contributed by atoms with van der Waals surface area (Å²) in [5, 5.41) is 6.90. The van der Waals surface area contributed by atoms with E-state index in [4.69, 9.17) is 4.84 Å². The minimum absolute atomic E-state index is 0.0195. The molecule has 2 aromatic rings. The van der Waals surface area contributed by atoms with E-state index in [1.165, 1.54) is 6.92 Å². The van der Waals surface area contributed by atoms with Crippen LogP contribution in [0, 0.1) is 0 Å². The summed E-state index contributed by atoms with van der Waals surface area (Å²) in [6.45, 7) is 4.92. The standard InChI is InChI=1S/C25H28N4O4/c1-18(30)33-27-23(19-5-3-2-4-6-19)11-12-28-13-15-29(16-14-28)25(32)21-7-9-22-20(17-21)8-10-24(31)26-22/h2-7,9,17H,8,10-16H2,1H3,(H,26,31)/b27-23-. The summed E-state index contributed by atoms with van der Waals surface area (Å²) in [5.41, 5.74) is 4.14. The fraction of sp³-hybridized carbons (Fsp3) is 0.360. The molecule has 0 aromatic heterocycles.